The average Bonchev–Trinajstić information content (AvgIpc) is 2.38. The van der Waals surface area contributed by atoms with Crippen molar-refractivity contribution in [2.24, 2.45) is 5.41 Å². The summed E-state index contributed by atoms with van der Waals surface area (Å²) in [4.78, 5) is 25.2. The lowest BCUT2D eigenvalue weighted by Gasteiger charge is -2.34. The van der Waals surface area contributed by atoms with Crippen LogP contribution in [0.5, 0.6) is 0 Å². The summed E-state index contributed by atoms with van der Waals surface area (Å²) in [5.74, 6) is -0.380. The highest BCUT2D eigenvalue weighted by Gasteiger charge is 2.37. The highest BCUT2D eigenvalue weighted by atomic mass is 35.5. The Labute approximate surface area is 158 Å². The Balaban J connectivity index is 2.66. The van der Waals surface area contributed by atoms with E-state index in [1.54, 1.807) is 32.9 Å². The van der Waals surface area contributed by atoms with Gasteiger partial charge in [0, 0.05) is 22.5 Å². The maximum absolute atomic E-state index is 12.8. The second-order valence-corrected chi connectivity index (χ2v) is 8.88. The molecule has 4 nitrogen and oxygen atoms in total. The Morgan fingerprint density at radius 3 is 2.36 bits per heavy atom. The van der Waals surface area contributed by atoms with Gasteiger partial charge in [0.25, 0.3) is 5.91 Å². The second kappa shape index (κ2) is 6.65. The van der Waals surface area contributed by atoms with Gasteiger partial charge in [-0.15, -0.1) is 0 Å². The number of halogens is 2. The first-order chi connectivity index (χ1) is 11.3. The van der Waals surface area contributed by atoms with Gasteiger partial charge in [-0.05, 0) is 59.2 Å². The van der Waals surface area contributed by atoms with Crippen LogP contribution in [0, 0.1) is 12.3 Å². The van der Waals surface area contributed by atoms with E-state index in [1.165, 1.54) is 0 Å². The molecule has 1 aliphatic heterocycles. The quantitative estimate of drug-likeness (QED) is 0.738. The number of esters is 1. The fourth-order valence-corrected chi connectivity index (χ4v) is 3.34. The van der Waals surface area contributed by atoms with E-state index in [0.717, 1.165) is 5.56 Å². The molecule has 1 N–H and O–H groups in total. The maximum atomic E-state index is 12.8. The van der Waals surface area contributed by atoms with Gasteiger partial charge in [0.15, 0.2) is 0 Å². The third-order valence-corrected chi connectivity index (χ3v) is 4.41. The Morgan fingerprint density at radius 2 is 1.84 bits per heavy atom. The molecule has 136 valence electrons. The summed E-state index contributed by atoms with van der Waals surface area (Å²) in [7, 11) is 0. The largest absolute Gasteiger partial charge is 0.430 e. The summed E-state index contributed by atoms with van der Waals surface area (Å²) in [5, 5.41) is 3.76. The first-order valence-corrected chi connectivity index (χ1v) is 8.81. The van der Waals surface area contributed by atoms with Gasteiger partial charge in [-0.25, -0.2) is 0 Å². The monoisotopic (exact) mass is 383 g/mol. The molecule has 0 saturated carbocycles. The summed E-state index contributed by atoms with van der Waals surface area (Å²) >= 11 is 12.4. The van der Waals surface area contributed by atoms with Crippen molar-refractivity contribution in [2.45, 2.75) is 53.5 Å². The van der Waals surface area contributed by atoms with E-state index in [9.17, 15) is 9.59 Å². The summed E-state index contributed by atoms with van der Waals surface area (Å²) < 4.78 is 5.66. The Bertz CT molecular complexity index is 750. The van der Waals surface area contributed by atoms with E-state index in [2.05, 4.69) is 5.32 Å². The van der Waals surface area contributed by atoms with E-state index in [4.69, 9.17) is 27.9 Å². The number of hydrogen-bond acceptors (Lipinski definition) is 3. The molecule has 0 unspecified atom stereocenters. The van der Waals surface area contributed by atoms with Gasteiger partial charge >= 0.3 is 5.97 Å². The summed E-state index contributed by atoms with van der Waals surface area (Å²) in [6.07, 6.45) is 0.383. The first-order valence-electron chi connectivity index (χ1n) is 8.06. The Kier molecular flexibility index (Phi) is 5.27. The zero-order chi connectivity index (χ0) is 19.2. The van der Waals surface area contributed by atoms with Crippen molar-refractivity contribution < 1.29 is 14.3 Å². The van der Waals surface area contributed by atoms with E-state index < -0.39 is 16.9 Å². The lowest BCUT2D eigenvalue weighted by Crippen LogP contribution is -2.48. The van der Waals surface area contributed by atoms with Crippen molar-refractivity contribution in [2.75, 3.05) is 0 Å². The third-order valence-electron chi connectivity index (χ3n) is 3.89. The van der Waals surface area contributed by atoms with Crippen molar-refractivity contribution in [1.29, 1.82) is 0 Å². The van der Waals surface area contributed by atoms with Gasteiger partial charge in [0.05, 0.1) is 16.0 Å². The molecule has 0 aromatic heterocycles. The molecule has 25 heavy (non-hydrogen) atoms. The number of nitrogens with one attached hydrogen (secondary N) is 1. The number of rotatable bonds is 2. The van der Waals surface area contributed by atoms with Crippen LogP contribution in [0.1, 0.15) is 52.2 Å². The first kappa shape index (κ1) is 19.8. The van der Waals surface area contributed by atoms with Crippen LogP contribution < -0.4 is 5.32 Å². The number of carbonyl (C=O) groups excluding carboxylic acids is 2. The molecule has 0 atom stereocenters. The number of amides is 1. The number of ether oxygens (including phenoxy) is 1. The third kappa shape index (κ3) is 4.36. The van der Waals surface area contributed by atoms with Gasteiger partial charge in [-0.2, -0.15) is 0 Å². The smallest absolute Gasteiger partial charge is 0.316 e. The van der Waals surface area contributed by atoms with Gasteiger partial charge in [-0.3, -0.25) is 9.59 Å². The summed E-state index contributed by atoms with van der Waals surface area (Å²) in [5.41, 5.74) is 0.356. The minimum Gasteiger partial charge on any atom is -0.430 e. The molecule has 1 aromatic carbocycles. The van der Waals surface area contributed by atoms with Gasteiger partial charge in [0.2, 0.25) is 0 Å². The van der Waals surface area contributed by atoms with E-state index >= 15 is 0 Å². The second-order valence-electron chi connectivity index (χ2n) is 8.03. The highest BCUT2D eigenvalue weighted by Crippen LogP contribution is 2.38. The zero-order valence-corrected chi connectivity index (χ0v) is 16.9. The number of carbonyl (C=O) groups is 2. The fraction of sp³-hybridized carbons (Fsp3) is 0.474. The molecular weight excluding hydrogens is 361 g/mol. The Morgan fingerprint density at radius 1 is 1.24 bits per heavy atom. The van der Waals surface area contributed by atoms with Crippen LogP contribution in [0.4, 0.5) is 0 Å². The van der Waals surface area contributed by atoms with Crippen molar-refractivity contribution >= 4 is 40.7 Å². The van der Waals surface area contributed by atoms with Gasteiger partial charge < -0.3 is 10.1 Å². The molecule has 6 heteroatoms. The fourth-order valence-electron chi connectivity index (χ4n) is 2.65. The molecule has 0 aliphatic carbocycles. The molecule has 0 fully saturated rings. The topological polar surface area (TPSA) is 55.4 Å². The van der Waals surface area contributed by atoms with E-state index in [0.29, 0.717) is 27.8 Å². The number of hydrogen-bond donors (Lipinski definition) is 1. The predicted molar refractivity (Wildman–Crippen MR) is 101 cm³/mol. The van der Waals surface area contributed by atoms with Gasteiger partial charge in [0.1, 0.15) is 5.76 Å². The highest BCUT2D eigenvalue weighted by molar-refractivity contribution is 6.38. The molecule has 1 amide bonds. The van der Waals surface area contributed by atoms with Crippen molar-refractivity contribution in [1.82, 2.24) is 5.32 Å². The molecular formula is C19H23Cl2NO3. The van der Waals surface area contributed by atoms with Crippen LogP contribution in [0.3, 0.4) is 0 Å². The molecule has 0 saturated heterocycles. The maximum Gasteiger partial charge on any atom is 0.316 e. The lowest BCUT2D eigenvalue weighted by atomic mass is 9.87. The van der Waals surface area contributed by atoms with Crippen LogP contribution in [-0.4, -0.2) is 17.4 Å². The molecule has 0 radical (unpaired) electrons. The van der Waals surface area contributed by atoms with Crippen LogP contribution in [0.2, 0.25) is 10.0 Å². The predicted octanol–water partition coefficient (Wildman–Crippen LogP) is 4.90. The lowest BCUT2D eigenvalue weighted by molar-refractivity contribution is -0.149. The van der Waals surface area contributed by atoms with Crippen LogP contribution in [0.15, 0.2) is 17.9 Å². The van der Waals surface area contributed by atoms with Crippen molar-refractivity contribution in [3.63, 3.8) is 0 Å². The number of benzene rings is 1. The molecule has 2 rings (SSSR count). The molecule has 1 aromatic rings. The SMILES string of the molecule is Cc1cc(Cl)cc(Cl)c1C1=C(OC(=O)C(C)(C)C)CC(C)(C)NC1=O. The van der Waals surface area contributed by atoms with Crippen LogP contribution in [-0.2, 0) is 14.3 Å². The van der Waals surface area contributed by atoms with E-state index in [1.807, 2.05) is 20.8 Å². The van der Waals surface area contributed by atoms with Crippen LogP contribution >= 0.6 is 23.2 Å². The van der Waals surface area contributed by atoms with Gasteiger partial charge in [-0.1, -0.05) is 23.2 Å². The minimum atomic E-state index is -0.686. The molecule has 1 heterocycles. The zero-order valence-electron chi connectivity index (χ0n) is 15.3. The normalized spacial score (nSPS) is 17.4. The molecule has 0 bridgehead atoms. The van der Waals surface area contributed by atoms with E-state index in [-0.39, 0.29) is 11.5 Å². The molecule has 0 spiro atoms. The van der Waals surface area contributed by atoms with Crippen molar-refractivity contribution in [3.8, 4) is 0 Å². The van der Waals surface area contributed by atoms with Crippen molar-refractivity contribution in [3.05, 3.63) is 39.1 Å². The van der Waals surface area contributed by atoms with Crippen LogP contribution in [0.25, 0.3) is 5.57 Å². The Hall–Kier alpha value is -1.52. The minimum absolute atomic E-state index is 0.288. The number of aryl methyl sites for hydroxylation is 1. The molecule has 1 aliphatic rings. The summed E-state index contributed by atoms with van der Waals surface area (Å²) in [6.45, 7) is 10.9. The average molecular weight is 384 g/mol. The standard InChI is InChI=1S/C19H23Cl2NO3/c1-10-7-11(20)8-12(21)14(10)15-13(25-17(24)18(2,3)4)9-19(5,6)22-16(15)23/h7-8H,9H2,1-6H3,(H,22,23). The summed E-state index contributed by atoms with van der Waals surface area (Å²) in [6, 6.07) is 3.31.